The van der Waals surface area contributed by atoms with Crippen molar-refractivity contribution < 1.29 is 4.79 Å². The van der Waals surface area contributed by atoms with Crippen LogP contribution in [0.4, 0.5) is 0 Å². The number of amides is 1. The van der Waals surface area contributed by atoms with Gasteiger partial charge in [0.25, 0.3) is 5.91 Å². The van der Waals surface area contributed by atoms with Crippen LogP contribution in [0, 0.1) is 3.57 Å². The summed E-state index contributed by atoms with van der Waals surface area (Å²) in [6.45, 7) is 2.08. The van der Waals surface area contributed by atoms with Crippen molar-refractivity contribution in [2.24, 2.45) is 0 Å². The Bertz CT molecular complexity index is 409. The summed E-state index contributed by atoms with van der Waals surface area (Å²) in [5.41, 5.74) is 0.567. The number of carbonyl (C=O) groups excluding carboxylic acids is 1. The Balaban J connectivity index is 2.20. The Morgan fingerprint density at radius 1 is 1.50 bits per heavy atom. The van der Waals surface area contributed by atoms with E-state index in [9.17, 15) is 4.79 Å². The van der Waals surface area contributed by atoms with E-state index in [4.69, 9.17) is 11.6 Å². The van der Waals surface area contributed by atoms with Crippen LogP contribution in [0.25, 0.3) is 0 Å². The zero-order valence-corrected chi connectivity index (χ0v) is 11.9. The minimum Gasteiger partial charge on any atom is -0.347 e. The van der Waals surface area contributed by atoms with Gasteiger partial charge in [-0.15, -0.1) is 0 Å². The van der Waals surface area contributed by atoms with Crippen LogP contribution in [0.1, 0.15) is 36.5 Å². The molecule has 1 fully saturated rings. The molecule has 0 aliphatic heterocycles. The third kappa shape index (κ3) is 2.35. The number of hydrogen-bond donors (Lipinski definition) is 1. The predicted octanol–water partition coefficient (Wildman–Crippen LogP) is 3.62. The van der Waals surface area contributed by atoms with Gasteiger partial charge in [-0.05, 0) is 60.9 Å². The fourth-order valence-corrected chi connectivity index (χ4v) is 3.05. The van der Waals surface area contributed by atoms with E-state index in [2.05, 4.69) is 34.8 Å². The molecule has 1 aliphatic rings. The third-order valence-electron chi connectivity index (χ3n) is 3.06. The van der Waals surface area contributed by atoms with E-state index in [-0.39, 0.29) is 11.4 Å². The first-order valence-corrected chi connectivity index (χ1v) is 6.74. The molecule has 4 heteroatoms. The maximum Gasteiger partial charge on any atom is 0.254 e. The molecule has 0 heterocycles. The van der Waals surface area contributed by atoms with Gasteiger partial charge >= 0.3 is 0 Å². The molecule has 1 aliphatic carbocycles. The van der Waals surface area contributed by atoms with E-state index in [1.54, 1.807) is 6.07 Å². The highest BCUT2D eigenvalue weighted by Crippen LogP contribution is 2.32. The molecular formula is C12H13ClINO. The van der Waals surface area contributed by atoms with Gasteiger partial charge in [-0.3, -0.25) is 4.79 Å². The average molecular weight is 350 g/mol. The molecule has 1 aromatic rings. The van der Waals surface area contributed by atoms with Crippen molar-refractivity contribution in [3.63, 3.8) is 0 Å². The summed E-state index contributed by atoms with van der Waals surface area (Å²) in [4.78, 5) is 12.1. The second kappa shape index (κ2) is 4.53. The Morgan fingerprint density at radius 3 is 2.69 bits per heavy atom. The quantitative estimate of drug-likeness (QED) is 0.812. The maximum atomic E-state index is 12.1. The maximum absolute atomic E-state index is 12.1. The number of benzene rings is 1. The smallest absolute Gasteiger partial charge is 0.254 e. The highest BCUT2D eigenvalue weighted by molar-refractivity contribution is 14.1. The van der Waals surface area contributed by atoms with Crippen molar-refractivity contribution in [2.75, 3.05) is 0 Å². The lowest BCUT2D eigenvalue weighted by Gasteiger charge is -2.39. The first-order valence-electron chi connectivity index (χ1n) is 5.28. The molecule has 2 nitrogen and oxygen atoms in total. The lowest BCUT2D eigenvalue weighted by atomic mass is 9.78. The van der Waals surface area contributed by atoms with Crippen LogP contribution < -0.4 is 5.32 Å². The highest BCUT2D eigenvalue weighted by atomic mass is 127. The molecule has 1 amide bonds. The van der Waals surface area contributed by atoms with Crippen LogP contribution >= 0.6 is 34.2 Å². The summed E-state index contributed by atoms with van der Waals surface area (Å²) in [5, 5.41) is 3.58. The van der Waals surface area contributed by atoms with Gasteiger partial charge < -0.3 is 5.32 Å². The van der Waals surface area contributed by atoms with Gasteiger partial charge in [0.2, 0.25) is 0 Å². The summed E-state index contributed by atoms with van der Waals surface area (Å²) < 4.78 is 0.894. The van der Waals surface area contributed by atoms with Crippen molar-refractivity contribution >= 4 is 40.1 Å². The van der Waals surface area contributed by atoms with E-state index in [0.717, 1.165) is 16.4 Å². The van der Waals surface area contributed by atoms with Gasteiger partial charge in [0.15, 0.2) is 0 Å². The molecule has 0 atom stereocenters. The number of rotatable bonds is 2. The number of nitrogens with one attached hydrogen (secondary N) is 1. The molecule has 0 bridgehead atoms. The minimum atomic E-state index is -0.0581. The van der Waals surface area contributed by atoms with Crippen molar-refractivity contribution in [2.45, 2.75) is 31.7 Å². The van der Waals surface area contributed by atoms with E-state index in [1.807, 2.05) is 12.1 Å². The van der Waals surface area contributed by atoms with Gasteiger partial charge in [-0.25, -0.2) is 0 Å². The van der Waals surface area contributed by atoms with Crippen molar-refractivity contribution in [1.82, 2.24) is 5.32 Å². The Labute approximate surface area is 114 Å². The topological polar surface area (TPSA) is 29.1 Å². The molecule has 0 aromatic heterocycles. The molecule has 0 saturated heterocycles. The van der Waals surface area contributed by atoms with Crippen LogP contribution in [0.2, 0.25) is 5.02 Å². The van der Waals surface area contributed by atoms with Crippen LogP contribution in [-0.4, -0.2) is 11.4 Å². The van der Waals surface area contributed by atoms with Crippen LogP contribution in [0.15, 0.2) is 18.2 Å². The van der Waals surface area contributed by atoms with Gasteiger partial charge in [-0.2, -0.15) is 0 Å². The highest BCUT2D eigenvalue weighted by Gasteiger charge is 2.34. The SMILES string of the molecule is CC1(NC(=O)c2c(Cl)cccc2I)CCC1. The second-order valence-electron chi connectivity index (χ2n) is 4.46. The van der Waals surface area contributed by atoms with Crippen molar-refractivity contribution in [1.29, 1.82) is 0 Å². The summed E-state index contributed by atoms with van der Waals surface area (Å²) >= 11 is 8.19. The zero-order chi connectivity index (χ0) is 11.8. The fraction of sp³-hybridized carbons (Fsp3) is 0.417. The predicted molar refractivity (Wildman–Crippen MR) is 73.9 cm³/mol. The normalized spacial score (nSPS) is 17.7. The third-order valence-corrected chi connectivity index (χ3v) is 4.28. The molecule has 0 unspecified atom stereocenters. The van der Waals surface area contributed by atoms with Crippen LogP contribution in [0.3, 0.4) is 0 Å². The van der Waals surface area contributed by atoms with Crippen LogP contribution in [0.5, 0.6) is 0 Å². The van der Waals surface area contributed by atoms with Gasteiger partial charge in [-0.1, -0.05) is 17.7 Å². The monoisotopic (exact) mass is 349 g/mol. The van der Waals surface area contributed by atoms with Gasteiger partial charge in [0, 0.05) is 9.11 Å². The van der Waals surface area contributed by atoms with E-state index < -0.39 is 0 Å². The van der Waals surface area contributed by atoms with Crippen molar-refractivity contribution in [3.05, 3.63) is 32.4 Å². The zero-order valence-electron chi connectivity index (χ0n) is 9.02. The van der Waals surface area contributed by atoms with Crippen LogP contribution in [-0.2, 0) is 0 Å². The summed E-state index contributed by atoms with van der Waals surface area (Å²) in [6, 6.07) is 5.50. The van der Waals surface area contributed by atoms with Gasteiger partial charge in [0.1, 0.15) is 0 Å². The minimum absolute atomic E-state index is 0.0284. The average Bonchev–Trinajstić information content (AvgIpc) is 2.15. The fourth-order valence-electron chi connectivity index (χ4n) is 1.88. The molecule has 0 spiro atoms. The summed E-state index contributed by atoms with van der Waals surface area (Å²) in [7, 11) is 0. The Kier molecular flexibility index (Phi) is 3.45. The standard InChI is InChI=1S/C12H13ClINO/c1-12(6-3-7-12)15-11(16)10-8(13)4-2-5-9(10)14/h2,4-5H,3,6-7H2,1H3,(H,15,16). The molecule has 1 N–H and O–H groups in total. The molecule has 0 radical (unpaired) electrons. The van der Waals surface area contributed by atoms with E-state index in [0.29, 0.717) is 10.6 Å². The molecule has 2 rings (SSSR count). The second-order valence-corrected chi connectivity index (χ2v) is 6.03. The number of hydrogen-bond acceptors (Lipinski definition) is 1. The molecule has 1 saturated carbocycles. The lowest BCUT2D eigenvalue weighted by molar-refractivity contribution is 0.0849. The van der Waals surface area contributed by atoms with Gasteiger partial charge in [0.05, 0.1) is 10.6 Å². The van der Waals surface area contributed by atoms with E-state index >= 15 is 0 Å². The van der Waals surface area contributed by atoms with Crippen molar-refractivity contribution in [3.8, 4) is 0 Å². The van der Waals surface area contributed by atoms with E-state index in [1.165, 1.54) is 6.42 Å². The Morgan fingerprint density at radius 2 is 2.19 bits per heavy atom. The number of halogens is 2. The first kappa shape index (κ1) is 12.2. The molecular weight excluding hydrogens is 336 g/mol. The molecule has 16 heavy (non-hydrogen) atoms. The number of carbonyl (C=O) groups is 1. The molecule has 86 valence electrons. The largest absolute Gasteiger partial charge is 0.347 e. The first-order chi connectivity index (χ1) is 7.52. The Hall–Kier alpha value is -0.290. The lowest BCUT2D eigenvalue weighted by Crippen LogP contribution is -2.51. The molecule has 1 aromatic carbocycles. The summed E-state index contributed by atoms with van der Waals surface area (Å²) in [5.74, 6) is -0.0581. The summed E-state index contributed by atoms with van der Waals surface area (Å²) in [6.07, 6.45) is 3.30.